The lowest BCUT2D eigenvalue weighted by Crippen LogP contribution is -2.39. The molecule has 0 atom stereocenters. The number of amides is 3. The van der Waals surface area contributed by atoms with E-state index in [1.165, 1.54) is 0 Å². The van der Waals surface area contributed by atoms with Gasteiger partial charge in [0.2, 0.25) is 0 Å². The van der Waals surface area contributed by atoms with Gasteiger partial charge in [0.05, 0.1) is 0 Å². The average Bonchev–Trinajstić information content (AvgIpc) is 2.63. The zero-order chi connectivity index (χ0) is 19.2. The van der Waals surface area contributed by atoms with E-state index < -0.39 is 0 Å². The fraction of sp³-hybridized carbons (Fsp3) is 0.333. The van der Waals surface area contributed by atoms with Crippen LogP contribution in [0.3, 0.4) is 0 Å². The van der Waals surface area contributed by atoms with Crippen LogP contribution in [-0.4, -0.2) is 25.0 Å². The summed E-state index contributed by atoms with van der Waals surface area (Å²) in [5.41, 5.74) is 3.03. The molecule has 5 heteroatoms. The molecule has 0 heterocycles. The molecular weight excluding hydrogens is 326 g/mol. The summed E-state index contributed by atoms with van der Waals surface area (Å²) in [6.45, 7) is 8.99. The first kappa shape index (κ1) is 19.5. The summed E-state index contributed by atoms with van der Waals surface area (Å²) >= 11 is 0. The maximum absolute atomic E-state index is 12.3. The molecule has 3 amide bonds. The first-order valence-electron chi connectivity index (χ1n) is 8.82. The second-order valence-electron chi connectivity index (χ2n) is 6.95. The van der Waals surface area contributed by atoms with Crippen molar-refractivity contribution in [2.75, 3.05) is 18.4 Å². The van der Waals surface area contributed by atoms with Gasteiger partial charge in [-0.25, -0.2) is 4.79 Å². The van der Waals surface area contributed by atoms with E-state index >= 15 is 0 Å². The van der Waals surface area contributed by atoms with Crippen LogP contribution in [0.25, 0.3) is 0 Å². The van der Waals surface area contributed by atoms with E-state index in [9.17, 15) is 9.59 Å². The van der Waals surface area contributed by atoms with Crippen LogP contribution in [0.2, 0.25) is 0 Å². The van der Waals surface area contributed by atoms with Crippen molar-refractivity contribution in [3.8, 4) is 0 Å². The van der Waals surface area contributed by atoms with Gasteiger partial charge in [0.15, 0.2) is 0 Å². The fourth-order valence-electron chi connectivity index (χ4n) is 2.62. The molecular formula is C21H27N3O2. The molecule has 0 fully saturated rings. The third kappa shape index (κ3) is 5.09. The molecule has 5 nitrogen and oxygen atoms in total. The maximum Gasteiger partial charge on any atom is 0.319 e. The van der Waals surface area contributed by atoms with Gasteiger partial charge in [-0.15, -0.1) is 0 Å². The van der Waals surface area contributed by atoms with E-state index in [-0.39, 0.29) is 17.4 Å². The summed E-state index contributed by atoms with van der Waals surface area (Å²) in [5, 5.41) is 8.52. The van der Waals surface area contributed by atoms with Gasteiger partial charge in [-0.2, -0.15) is 0 Å². The van der Waals surface area contributed by atoms with E-state index in [4.69, 9.17) is 0 Å². The number of hydrogen-bond acceptors (Lipinski definition) is 2. The van der Waals surface area contributed by atoms with Crippen LogP contribution in [0.15, 0.2) is 48.5 Å². The molecule has 0 spiro atoms. The lowest BCUT2D eigenvalue weighted by molar-refractivity contribution is 0.0956. The molecule has 0 saturated heterocycles. The maximum atomic E-state index is 12.3. The SMILES string of the molecule is CCNC(=O)c1ccc(C)c(NC(=O)NCC(C)(C)c2ccccc2)c1. The quantitative estimate of drug-likeness (QED) is 0.738. The molecule has 0 aliphatic heterocycles. The van der Waals surface area contributed by atoms with Crippen molar-refractivity contribution in [3.05, 3.63) is 65.2 Å². The van der Waals surface area contributed by atoms with Crippen molar-refractivity contribution in [1.29, 1.82) is 0 Å². The van der Waals surface area contributed by atoms with Gasteiger partial charge in [0.25, 0.3) is 5.91 Å². The lowest BCUT2D eigenvalue weighted by atomic mass is 9.85. The minimum atomic E-state index is -0.287. The molecule has 138 valence electrons. The van der Waals surface area contributed by atoms with Gasteiger partial charge in [0.1, 0.15) is 0 Å². The topological polar surface area (TPSA) is 70.2 Å². The molecule has 2 rings (SSSR count). The predicted molar refractivity (Wildman–Crippen MR) is 106 cm³/mol. The number of hydrogen-bond donors (Lipinski definition) is 3. The molecule has 0 aromatic heterocycles. The van der Waals surface area contributed by atoms with Crippen LogP contribution in [0, 0.1) is 6.92 Å². The molecule has 0 bridgehead atoms. The highest BCUT2D eigenvalue weighted by molar-refractivity contribution is 5.97. The van der Waals surface area contributed by atoms with Crippen LogP contribution >= 0.6 is 0 Å². The smallest absolute Gasteiger partial charge is 0.319 e. The number of urea groups is 1. The second-order valence-corrected chi connectivity index (χ2v) is 6.95. The summed E-state index contributed by atoms with van der Waals surface area (Å²) in [6.07, 6.45) is 0. The number of aryl methyl sites for hydroxylation is 1. The summed E-state index contributed by atoms with van der Waals surface area (Å²) in [5.74, 6) is -0.152. The second kappa shape index (κ2) is 8.52. The first-order valence-corrected chi connectivity index (χ1v) is 8.82. The van der Waals surface area contributed by atoms with E-state index in [2.05, 4.69) is 41.9 Å². The highest BCUT2D eigenvalue weighted by Gasteiger charge is 2.21. The number of carbonyl (C=O) groups excluding carboxylic acids is 2. The minimum Gasteiger partial charge on any atom is -0.352 e. The van der Waals surface area contributed by atoms with E-state index in [0.717, 1.165) is 11.1 Å². The fourth-order valence-corrected chi connectivity index (χ4v) is 2.62. The zero-order valence-electron chi connectivity index (χ0n) is 15.8. The van der Waals surface area contributed by atoms with Crippen LogP contribution in [0.4, 0.5) is 10.5 Å². The van der Waals surface area contributed by atoms with E-state index in [0.29, 0.717) is 24.3 Å². The van der Waals surface area contributed by atoms with Gasteiger partial charge in [-0.05, 0) is 37.1 Å². The molecule has 0 unspecified atom stereocenters. The summed E-state index contributed by atoms with van der Waals surface area (Å²) in [6, 6.07) is 15.1. The molecule has 3 N–H and O–H groups in total. The Hall–Kier alpha value is -2.82. The summed E-state index contributed by atoms with van der Waals surface area (Å²) in [7, 11) is 0. The Morgan fingerprint density at radius 3 is 2.35 bits per heavy atom. The van der Waals surface area contributed by atoms with Gasteiger partial charge in [-0.1, -0.05) is 50.2 Å². The molecule has 0 aliphatic carbocycles. The molecule has 0 radical (unpaired) electrons. The Labute approximate surface area is 155 Å². The summed E-state index contributed by atoms with van der Waals surface area (Å²) < 4.78 is 0. The molecule has 0 aliphatic rings. The third-order valence-electron chi connectivity index (χ3n) is 4.33. The monoisotopic (exact) mass is 353 g/mol. The average molecular weight is 353 g/mol. The van der Waals surface area contributed by atoms with Crippen molar-refractivity contribution >= 4 is 17.6 Å². The number of benzene rings is 2. The largest absolute Gasteiger partial charge is 0.352 e. The zero-order valence-corrected chi connectivity index (χ0v) is 15.8. The van der Waals surface area contributed by atoms with Crippen LogP contribution in [0.1, 0.15) is 42.3 Å². The third-order valence-corrected chi connectivity index (χ3v) is 4.33. The van der Waals surface area contributed by atoms with E-state index in [1.807, 2.05) is 38.1 Å². The van der Waals surface area contributed by atoms with Gasteiger partial charge in [0, 0.05) is 29.8 Å². The predicted octanol–water partition coefficient (Wildman–Crippen LogP) is 3.84. The number of anilines is 1. The Balaban J connectivity index is 2.01. The van der Waals surface area contributed by atoms with Crippen LogP contribution < -0.4 is 16.0 Å². The number of carbonyl (C=O) groups is 2. The van der Waals surface area contributed by atoms with Crippen molar-refractivity contribution in [3.63, 3.8) is 0 Å². The van der Waals surface area contributed by atoms with Crippen molar-refractivity contribution in [2.24, 2.45) is 0 Å². The Morgan fingerprint density at radius 1 is 1.00 bits per heavy atom. The number of rotatable bonds is 6. The normalized spacial score (nSPS) is 10.9. The molecule has 26 heavy (non-hydrogen) atoms. The van der Waals surface area contributed by atoms with Gasteiger partial charge < -0.3 is 16.0 Å². The van der Waals surface area contributed by atoms with Gasteiger partial charge in [-0.3, -0.25) is 4.79 Å². The lowest BCUT2D eigenvalue weighted by Gasteiger charge is -2.25. The molecule has 2 aromatic rings. The van der Waals surface area contributed by atoms with Crippen LogP contribution in [0.5, 0.6) is 0 Å². The highest BCUT2D eigenvalue weighted by Crippen LogP contribution is 2.22. The Morgan fingerprint density at radius 2 is 1.69 bits per heavy atom. The number of nitrogens with one attached hydrogen (secondary N) is 3. The Kier molecular flexibility index (Phi) is 6.39. The van der Waals surface area contributed by atoms with Crippen LogP contribution in [-0.2, 0) is 5.41 Å². The van der Waals surface area contributed by atoms with Crippen molar-refractivity contribution in [2.45, 2.75) is 33.1 Å². The van der Waals surface area contributed by atoms with Crippen molar-refractivity contribution in [1.82, 2.24) is 10.6 Å². The first-order chi connectivity index (χ1) is 12.3. The summed E-state index contributed by atoms with van der Waals surface area (Å²) in [4.78, 5) is 24.3. The van der Waals surface area contributed by atoms with Crippen molar-refractivity contribution < 1.29 is 9.59 Å². The van der Waals surface area contributed by atoms with Gasteiger partial charge >= 0.3 is 6.03 Å². The highest BCUT2D eigenvalue weighted by atomic mass is 16.2. The minimum absolute atomic E-state index is 0.152. The van der Waals surface area contributed by atoms with E-state index in [1.54, 1.807) is 12.1 Å². The molecule has 0 saturated carbocycles. The standard InChI is InChI=1S/C21H27N3O2/c1-5-22-19(25)16-12-11-15(2)18(13-16)24-20(26)23-14-21(3,4)17-9-7-6-8-10-17/h6-13H,5,14H2,1-4H3,(H,22,25)(H2,23,24,26). The Bertz CT molecular complexity index is 770. The molecule has 2 aromatic carbocycles.